The van der Waals surface area contributed by atoms with E-state index in [0.29, 0.717) is 37.6 Å². The Morgan fingerprint density at radius 3 is 2.63 bits per heavy atom. The second-order valence-corrected chi connectivity index (χ2v) is 7.30. The summed E-state index contributed by atoms with van der Waals surface area (Å²) >= 11 is 0. The van der Waals surface area contributed by atoms with Crippen LogP contribution in [0.5, 0.6) is 0 Å². The molecule has 1 aromatic heterocycles. The molecule has 1 spiro atoms. The van der Waals surface area contributed by atoms with Crippen LogP contribution in [0, 0.1) is 12.3 Å². The highest BCUT2D eigenvalue weighted by molar-refractivity contribution is 5.95. The second kappa shape index (κ2) is 7.08. The van der Waals surface area contributed by atoms with Crippen molar-refractivity contribution in [2.75, 3.05) is 37.7 Å². The average molecular weight is 366 g/mol. The summed E-state index contributed by atoms with van der Waals surface area (Å²) in [4.78, 5) is 37.2. The van der Waals surface area contributed by atoms with Crippen LogP contribution in [0.3, 0.4) is 0 Å². The molecule has 2 fully saturated rings. The normalized spacial score (nSPS) is 22.9. The van der Waals surface area contributed by atoms with Crippen LogP contribution in [-0.2, 0) is 9.53 Å². The Bertz CT molecular complexity index is 840. The highest BCUT2D eigenvalue weighted by Crippen LogP contribution is 2.35. The number of nitrogens with zero attached hydrogens (tertiary/aromatic N) is 4. The number of aryl methyl sites for hydroxylation is 1. The van der Waals surface area contributed by atoms with Gasteiger partial charge < -0.3 is 14.5 Å². The van der Waals surface area contributed by atoms with E-state index >= 15 is 0 Å². The summed E-state index contributed by atoms with van der Waals surface area (Å²) in [7, 11) is 0. The van der Waals surface area contributed by atoms with Crippen LogP contribution in [0.25, 0.3) is 0 Å². The zero-order valence-corrected chi connectivity index (χ0v) is 15.3. The summed E-state index contributed by atoms with van der Waals surface area (Å²) in [6.45, 7) is 4.05. The first-order chi connectivity index (χ1) is 13.1. The molecular weight excluding hydrogens is 344 g/mol. The van der Waals surface area contributed by atoms with Crippen molar-refractivity contribution in [2.45, 2.75) is 13.3 Å². The molecule has 2 saturated heterocycles. The van der Waals surface area contributed by atoms with E-state index in [-0.39, 0.29) is 23.8 Å². The fourth-order valence-corrected chi connectivity index (χ4v) is 3.79. The lowest BCUT2D eigenvalue weighted by Crippen LogP contribution is -2.43. The van der Waals surface area contributed by atoms with Crippen LogP contribution in [0.15, 0.2) is 42.7 Å². The summed E-state index contributed by atoms with van der Waals surface area (Å²) < 4.78 is 5.69. The Hall–Kier alpha value is -2.80. The van der Waals surface area contributed by atoms with Crippen LogP contribution < -0.4 is 4.90 Å². The number of ether oxygens (including phenoxy) is 1. The lowest BCUT2D eigenvalue weighted by Gasteiger charge is -2.31. The van der Waals surface area contributed by atoms with E-state index in [2.05, 4.69) is 9.97 Å². The predicted octanol–water partition coefficient (Wildman–Crippen LogP) is 1.68. The van der Waals surface area contributed by atoms with Gasteiger partial charge in [0, 0.05) is 43.1 Å². The van der Waals surface area contributed by atoms with Crippen LogP contribution in [0.4, 0.5) is 5.69 Å². The highest BCUT2D eigenvalue weighted by Gasteiger charge is 2.44. The van der Waals surface area contributed by atoms with Gasteiger partial charge in [0.1, 0.15) is 12.4 Å². The SMILES string of the molecule is Cc1ncc(C(=O)N2CCC3(COCC(=O)N(c4ccccc4)C3)C2)cn1. The van der Waals surface area contributed by atoms with Gasteiger partial charge in [-0.1, -0.05) is 18.2 Å². The molecule has 2 aromatic rings. The third-order valence-electron chi connectivity index (χ3n) is 5.25. The molecule has 2 aliphatic heterocycles. The third kappa shape index (κ3) is 3.55. The Kier molecular flexibility index (Phi) is 4.61. The van der Waals surface area contributed by atoms with Gasteiger partial charge in [-0.05, 0) is 25.5 Å². The summed E-state index contributed by atoms with van der Waals surface area (Å²) in [5.41, 5.74) is 1.09. The first kappa shape index (κ1) is 17.6. The van der Waals surface area contributed by atoms with Crippen molar-refractivity contribution < 1.29 is 14.3 Å². The number of hydrogen-bond acceptors (Lipinski definition) is 5. The third-order valence-corrected chi connectivity index (χ3v) is 5.25. The average Bonchev–Trinajstić information content (AvgIpc) is 3.03. The maximum atomic E-state index is 12.8. The van der Waals surface area contributed by atoms with Crippen molar-refractivity contribution >= 4 is 17.5 Å². The molecule has 0 radical (unpaired) electrons. The number of para-hydroxylation sites is 1. The number of amides is 2. The minimum atomic E-state index is -0.261. The Morgan fingerprint density at radius 2 is 1.89 bits per heavy atom. The molecule has 0 aliphatic carbocycles. The monoisotopic (exact) mass is 366 g/mol. The smallest absolute Gasteiger partial charge is 0.257 e. The van der Waals surface area contributed by atoms with E-state index < -0.39 is 0 Å². The maximum Gasteiger partial charge on any atom is 0.257 e. The summed E-state index contributed by atoms with van der Waals surface area (Å²) in [6, 6.07) is 9.63. The molecule has 1 aromatic carbocycles. The van der Waals surface area contributed by atoms with Crippen molar-refractivity contribution in [3.05, 3.63) is 54.1 Å². The summed E-state index contributed by atoms with van der Waals surface area (Å²) in [5, 5.41) is 0. The lowest BCUT2D eigenvalue weighted by molar-refractivity contribution is -0.122. The Balaban J connectivity index is 1.53. The van der Waals surface area contributed by atoms with E-state index in [0.717, 1.165) is 12.1 Å². The molecular formula is C20H22N4O3. The Labute approximate surface area is 158 Å². The van der Waals surface area contributed by atoms with Crippen molar-refractivity contribution in [1.29, 1.82) is 0 Å². The minimum absolute atomic E-state index is 0.0465. The lowest BCUT2D eigenvalue weighted by atomic mass is 9.87. The molecule has 140 valence electrons. The zero-order chi connectivity index (χ0) is 18.9. The maximum absolute atomic E-state index is 12.8. The predicted molar refractivity (Wildman–Crippen MR) is 99.3 cm³/mol. The standard InChI is InChI=1S/C20H22N4O3/c1-15-21-9-16(10-22-15)19(26)23-8-7-20(12-23)13-24(18(25)11-27-14-20)17-5-3-2-4-6-17/h2-6,9-10H,7-8,11-14H2,1H3. The largest absolute Gasteiger partial charge is 0.371 e. The molecule has 1 unspecified atom stereocenters. The first-order valence-corrected chi connectivity index (χ1v) is 9.07. The number of carbonyl (C=O) groups excluding carboxylic acids is 2. The summed E-state index contributed by atoms with van der Waals surface area (Å²) in [6.07, 6.45) is 3.93. The number of carbonyl (C=O) groups is 2. The van der Waals surface area contributed by atoms with Gasteiger partial charge in [0.2, 0.25) is 0 Å². The van der Waals surface area contributed by atoms with Gasteiger partial charge in [-0.3, -0.25) is 9.59 Å². The molecule has 0 bridgehead atoms. The van der Waals surface area contributed by atoms with E-state index in [4.69, 9.17) is 4.74 Å². The van der Waals surface area contributed by atoms with E-state index in [1.54, 1.807) is 24.2 Å². The zero-order valence-electron chi connectivity index (χ0n) is 15.3. The van der Waals surface area contributed by atoms with Gasteiger partial charge in [-0.15, -0.1) is 0 Å². The minimum Gasteiger partial charge on any atom is -0.371 e. The van der Waals surface area contributed by atoms with Crippen molar-refractivity contribution in [3.8, 4) is 0 Å². The van der Waals surface area contributed by atoms with E-state index in [9.17, 15) is 9.59 Å². The molecule has 7 nitrogen and oxygen atoms in total. The van der Waals surface area contributed by atoms with Gasteiger partial charge in [-0.25, -0.2) is 9.97 Å². The van der Waals surface area contributed by atoms with Gasteiger partial charge in [0.25, 0.3) is 11.8 Å². The van der Waals surface area contributed by atoms with Gasteiger partial charge in [0.05, 0.1) is 12.2 Å². The molecule has 2 amide bonds. The van der Waals surface area contributed by atoms with Crippen molar-refractivity contribution in [2.24, 2.45) is 5.41 Å². The van der Waals surface area contributed by atoms with Crippen LogP contribution in [0.1, 0.15) is 22.6 Å². The van der Waals surface area contributed by atoms with E-state index in [1.165, 1.54) is 0 Å². The molecule has 2 aliphatic rings. The fourth-order valence-electron chi connectivity index (χ4n) is 3.79. The fraction of sp³-hybridized carbons (Fsp3) is 0.400. The van der Waals surface area contributed by atoms with Crippen molar-refractivity contribution in [1.82, 2.24) is 14.9 Å². The summed E-state index contributed by atoms with van der Waals surface area (Å²) in [5.74, 6) is 0.516. The molecule has 1 atom stereocenters. The Morgan fingerprint density at radius 1 is 1.15 bits per heavy atom. The number of anilines is 1. The molecule has 27 heavy (non-hydrogen) atoms. The van der Waals surface area contributed by atoms with Crippen LogP contribution >= 0.6 is 0 Å². The molecule has 0 N–H and O–H groups in total. The number of benzene rings is 1. The molecule has 0 saturated carbocycles. The van der Waals surface area contributed by atoms with Gasteiger partial charge in [0.15, 0.2) is 0 Å². The molecule has 3 heterocycles. The topological polar surface area (TPSA) is 75.6 Å². The van der Waals surface area contributed by atoms with Crippen molar-refractivity contribution in [3.63, 3.8) is 0 Å². The van der Waals surface area contributed by atoms with Gasteiger partial charge in [-0.2, -0.15) is 0 Å². The number of aromatic nitrogens is 2. The highest BCUT2D eigenvalue weighted by atomic mass is 16.5. The second-order valence-electron chi connectivity index (χ2n) is 7.30. The molecule has 7 heteroatoms. The number of rotatable bonds is 2. The molecule has 4 rings (SSSR count). The quantitative estimate of drug-likeness (QED) is 0.808. The van der Waals surface area contributed by atoms with Crippen LogP contribution in [-0.4, -0.2) is 59.5 Å². The first-order valence-electron chi connectivity index (χ1n) is 9.07. The van der Waals surface area contributed by atoms with E-state index in [1.807, 2.05) is 35.2 Å². The number of likely N-dealkylation sites (tertiary alicyclic amines) is 1. The van der Waals surface area contributed by atoms with Gasteiger partial charge >= 0.3 is 0 Å². The van der Waals surface area contributed by atoms with Crippen LogP contribution in [0.2, 0.25) is 0 Å². The number of hydrogen-bond donors (Lipinski definition) is 0.